The quantitative estimate of drug-likeness (QED) is 0.335. The fourth-order valence-electron chi connectivity index (χ4n) is 3.45. The van der Waals surface area contributed by atoms with Crippen molar-refractivity contribution in [3.8, 4) is 38.8 Å². The molecule has 0 bridgehead atoms. The largest absolute Gasteiger partial charge is 0.477 e. The summed E-state index contributed by atoms with van der Waals surface area (Å²) >= 11 is 1.01. The molecule has 0 aliphatic heterocycles. The molecular weight excluding hydrogens is 444 g/mol. The summed E-state index contributed by atoms with van der Waals surface area (Å²) in [5, 5.41) is 14.9. The zero-order valence-corrected chi connectivity index (χ0v) is 17.8. The van der Waals surface area contributed by atoms with E-state index in [0.29, 0.717) is 27.4 Å². The third kappa shape index (κ3) is 4.04. The Hall–Kier alpha value is -4.17. The van der Waals surface area contributed by atoms with Crippen LogP contribution in [0, 0.1) is 11.6 Å². The highest BCUT2D eigenvalue weighted by molar-refractivity contribution is 7.17. The van der Waals surface area contributed by atoms with Gasteiger partial charge in [-0.25, -0.2) is 23.2 Å². The number of hydrogen-bond donors (Lipinski definition) is 1. The monoisotopic (exact) mass is 459 g/mol. The number of aromatic carboxylic acids is 1. The molecule has 2 aromatic heterocycles. The molecule has 8 heteroatoms. The molecule has 0 aliphatic rings. The van der Waals surface area contributed by atoms with E-state index in [1.54, 1.807) is 23.0 Å². The van der Waals surface area contributed by atoms with Crippen LogP contribution >= 0.6 is 11.3 Å². The van der Waals surface area contributed by atoms with Gasteiger partial charge < -0.3 is 5.11 Å². The van der Waals surface area contributed by atoms with Gasteiger partial charge in [0.05, 0.1) is 16.9 Å². The lowest BCUT2D eigenvalue weighted by Gasteiger charge is -2.01. The first kappa shape index (κ1) is 20.7. The molecule has 0 saturated heterocycles. The molecule has 5 rings (SSSR count). The van der Waals surface area contributed by atoms with Crippen molar-refractivity contribution in [2.75, 3.05) is 0 Å². The molecule has 0 fully saturated rings. The Morgan fingerprint density at radius 2 is 1.39 bits per heavy atom. The molecule has 0 spiro atoms. The van der Waals surface area contributed by atoms with Gasteiger partial charge in [-0.15, -0.1) is 11.3 Å². The van der Waals surface area contributed by atoms with E-state index in [1.807, 2.05) is 30.3 Å². The fourth-order valence-corrected chi connectivity index (χ4v) is 4.39. The number of para-hydroxylation sites is 1. The van der Waals surface area contributed by atoms with Gasteiger partial charge in [0.25, 0.3) is 0 Å². The lowest BCUT2D eigenvalue weighted by atomic mass is 10.1. The molecular formula is C25H15F2N3O2S. The highest BCUT2D eigenvalue weighted by Crippen LogP contribution is 2.38. The summed E-state index contributed by atoms with van der Waals surface area (Å²) in [5.41, 5.74) is 3.36. The van der Waals surface area contributed by atoms with Gasteiger partial charge in [0.2, 0.25) is 0 Å². The Morgan fingerprint density at radius 3 is 1.97 bits per heavy atom. The van der Waals surface area contributed by atoms with Crippen LogP contribution in [0.1, 0.15) is 9.67 Å². The van der Waals surface area contributed by atoms with Crippen molar-refractivity contribution in [1.29, 1.82) is 0 Å². The maximum Gasteiger partial charge on any atom is 0.348 e. The van der Waals surface area contributed by atoms with Gasteiger partial charge in [-0.1, -0.05) is 18.2 Å². The minimum Gasteiger partial charge on any atom is -0.477 e. The summed E-state index contributed by atoms with van der Waals surface area (Å²) in [6, 6.07) is 20.9. The van der Waals surface area contributed by atoms with Crippen LogP contribution in [-0.4, -0.2) is 25.8 Å². The molecule has 0 atom stereocenters. The molecule has 5 aromatic rings. The number of nitrogens with zero attached hydrogens (tertiary/aromatic N) is 3. The number of carboxylic acid groups (broad SMARTS) is 1. The maximum atomic E-state index is 13.5. The Morgan fingerprint density at radius 1 is 0.818 bits per heavy atom. The molecule has 0 saturated carbocycles. The second-order valence-electron chi connectivity index (χ2n) is 7.19. The number of rotatable bonds is 5. The average molecular weight is 459 g/mol. The molecule has 0 unspecified atom stereocenters. The third-order valence-corrected chi connectivity index (χ3v) is 6.10. The molecule has 0 radical (unpaired) electrons. The zero-order chi connectivity index (χ0) is 22.9. The molecule has 33 heavy (non-hydrogen) atoms. The normalized spacial score (nSPS) is 11.0. The lowest BCUT2D eigenvalue weighted by molar-refractivity contribution is 0.0702. The summed E-state index contributed by atoms with van der Waals surface area (Å²) in [4.78, 5) is 16.6. The number of carboxylic acids is 1. The summed E-state index contributed by atoms with van der Waals surface area (Å²) < 4.78 is 28.6. The van der Waals surface area contributed by atoms with Gasteiger partial charge in [-0.3, -0.25) is 0 Å². The summed E-state index contributed by atoms with van der Waals surface area (Å²) in [6.07, 6.45) is 1.77. The maximum absolute atomic E-state index is 13.5. The molecule has 0 aliphatic carbocycles. The van der Waals surface area contributed by atoms with Crippen molar-refractivity contribution in [3.05, 3.63) is 102 Å². The van der Waals surface area contributed by atoms with Gasteiger partial charge in [0.15, 0.2) is 0 Å². The summed E-state index contributed by atoms with van der Waals surface area (Å²) in [6.45, 7) is 0. The standard InChI is InChI=1S/C25H15F2N3O2S/c26-17-10-6-15(7-11-17)21-20(14-30(29-21)19-4-2-1-3-5-19)24-28-22(23(33-24)25(31)32)16-8-12-18(27)13-9-16/h1-14H,(H,31,32). The minimum absolute atomic E-state index is 0.0362. The molecule has 2 heterocycles. The van der Waals surface area contributed by atoms with Crippen molar-refractivity contribution in [1.82, 2.24) is 14.8 Å². The molecule has 0 amide bonds. The second kappa shape index (κ2) is 8.40. The molecule has 1 N–H and O–H groups in total. The van der Waals surface area contributed by atoms with Crippen molar-refractivity contribution in [2.24, 2.45) is 0 Å². The predicted molar refractivity (Wildman–Crippen MR) is 122 cm³/mol. The van der Waals surface area contributed by atoms with E-state index in [9.17, 15) is 18.7 Å². The number of thiazole rings is 1. The number of aromatic nitrogens is 3. The zero-order valence-electron chi connectivity index (χ0n) is 16.9. The molecule has 3 aromatic carbocycles. The Balaban J connectivity index is 1.70. The van der Waals surface area contributed by atoms with Crippen LogP contribution < -0.4 is 0 Å². The number of carbonyl (C=O) groups is 1. The van der Waals surface area contributed by atoms with Gasteiger partial charge in [0, 0.05) is 17.3 Å². The van der Waals surface area contributed by atoms with Crippen LogP contribution in [-0.2, 0) is 0 Å². The van der Waals surface area contributed by atoms with Gasteiger partial charge in [-0.05, 0) is 60.7 Å². The second-order valence-corrected chi connectivity index (χ2v) is 8.19. The topological polar surface area (TPSA) is 68.0 Å². The van der Waals surface area contributed by atoms with Crippen molar-refractivity contribution in [2.45, 2.75) is 0 Å². The van der Waals surface area contributed by atoms with E-state index in [2.05, 4.69) is 10.1 Å². The van der Waals surface area contributed by atoms with Crippen molar-refractivity contribution < 1.29 is 18.7 Å². The lowest BCUT2D eigenvalue weighted by Crippen LogP contribution is -1.95. The van der Waals surface area contributed by atoms with E-state index in [-0.39, 0.29) is 16.4 Å². The molecule has 162 valence electrons. The van der Waals surface area contributed by atoms with Gasteiger partial charge in [-0.2, -0.15) is 5.10 Å². The van der Waals surface area contributed by atoms with E-state index in [1.165, 1.54) is 36.4 Å². The summed E-state index contributed by atoms with van der Waals surface area (Å²) in [7, 11) is 0. The first-order valence-corrected chi connectivity index (χ1v) is 10.7. The number of benzene rings is 3. The fraction of sp³-hybridized carbons (Fsp3) is 0. The Labute approximate surface area is 191 Å². The van der Waals surface area contributed by atoms with E-state index >= 15 is 0 Å². The van der Waals surface area contributed by atoms with E-state index in [0.717, 1.165) is 17.0 Å². The third-order valence-electron chi connectivity index (χ3n) is 5.02. The van der Waals surface area contributed by atoms with Crippen LogP contribution in [0.15, 0.2) is 85.1 Å². The average Bonchev–Trinajstić information content (AvgIpc) is 3.46. The Kier molecular flexibility index (Phi) is 5.27. The minimum atomic E-state index is -1.13. The van der Waals surface area contributed by atoms with E-state index in [4.69, 9.17) is 0 Å². The smallest absolute Gasteiger partial charge is 0.348 e. The SMILES string of the molecule is O=C(O)c1sc(-c2cn(-c3ccccc3)nc2-c2ccc(F)cc2)nc1-c1ccc(F)cc1. The van der Waals surface area contributed by atoms with Gasteiger partial charge in [0.1, 0.15) is 27.2 Å². The first-order chi connectivity index (χ1) is 16.0. The van der Waals surface area contributed by atoms with Gasteiger partial charge >= 0.3 is 5.97 Å². The van der Waals surface area contributed by atoms with Crippen molar-refractivity contribution in [3.63, 3.8) is 0 Å². The molecule has 5 nitrogen and oxygen atoms in total. The van der Waals surface area contributed by atoms with E-state index < -0.39 is 11.8 Å². The number of halogens is 2. The van der Waals surface area contributed by atoms with Crippen molar-refractivity contribution >= 4 is 17.3 Å². The van der Waals surface area contributed by atoms with Crippen LogP contribution in [0.4, 0.5) is 8.78 Å². The highest BCUT2D eigenvalue weighted by atomic mass is 32.1. The Bertz CT molecular complexity index is 1440. The van der Waals surface area contributed by atoms with Crippen LogP contribution in [0.2, 0.25) is 0 Å². The van der Waals surface area contributed by atoms with Crippen LogP contribution in [0.3, 0.4) is 0 Å². The highest BCUT2D eigenvalue weighted by Gasteiger charge is 2.23. The summed E-state index contributed by atoms with van der Waals surface area (Å²) in [5.74, 6) is -1.92. The predicted octanol–water partition coefficient (Wildman–Crippen LogP) is 6.31. The number of hydrogen-bond acceptors (Lipinski definition) is 4. The first-order valence-electron chi connectivity index (χ1n) is 9.91. The van der Waals surface area contributed by atoms with Crippen LogP contribution in [0.25, 0.3) is 38.8 Å². The van der Waals surface area contributed by atoms with Crippen LogP contribution in [0.5, 0.6) is 0 Å².